The average molecular weight is 394 g/mol. The third kappa shape index (κ3) is 4.34. The molecule has 3 rings (SSSR count). The second kappa shape index (κ2) is 8.79. The second-order valence-electron chi connectivity index (χ2n) is 6.37. The van der Waals surface area contributed by atoms with Crippen LogP contribution in [0, 0.1) is 0 Å². The summed E-state index contributed by atoms with van der Waals surface area (Å²) in [7, 11) is 0. The van der Waals surface area contributed by atoms with Crippen molar-refractivity contribution < 1.29 is 19.2 Å². The van der Waals surface area contributed by atoms with Crippen molar-refractivity contribution >= 4 is 39.6 Å². The maximum atomic E-state index is 12.6. The van der Waals surface area contributed by atoms with E-state index in [1.807, 2.05) is 6.07 Å². The lowest BCUT2D eigenvalue weighted by Crippen LogP contribution is -3.11. The van der Waals surface area contributed by atoms with Gasteiger partial charge in [-0.2, -0.15) is 0 Å². The number of ether oxygens (including phenoxy) is 1. The largest absolute Gasteiger partial charge is 0.462 e. The van der Waals surface area contributed by atoms with E-state index in [4.69, 9.17) is 4.74 Å². The number of quaternary nitrogens is 1. The van der Waals surface area contributed by atoms with E-state index in [1.165, 1.54) is 26.0 Å². The minimum atomic E-state index is -0.319. The first-order valence-electron chi connectivity index (χ1n) is 9.09. The molecular formula is C19H25N2O3S2+. The van der Waals surface area contributed by atoms with Gasteiger partial charge in [-0.1, -0.05) is 6.07 Å². The number of anilines is 1. The van der Waals surface area contributed by atoms with E-state index in [9.17, 15) is 9.59 Å². The number of esters is 1. The Morgan fingerprint density at radius 3 is 2.85 bits per heavy atom. The first-order chi connectivity index (χ1) is 12.6. The summed E-state index contributed by atoms with van der Waals surface area (Å²) in [6, 6.07) is 4.13. The van der Waals surface area contributed by atoms with Crippen molar-refractivity contribution in [2.75, 3.05) is 25.0 Å². The molecule has 0 bridgehead atoms. The summed E-state index contributed by atoms with van der Waals surface area (Å²) in [6.45, 7) is 6.32. The van der Waals surface area contributed by atoms with Crippen LogP contribution in [0.5, 0.6) is 0 Å². The average Bonchev–Trinajstić information content (AvgIpc) is 3.31. The van der Waals surface area contributed by atoms with Gasteiger partial charge in [-0.15, -0.1) is 22.7 Å². The predicted molar refractivity (Wildman–Crippen MR) is 105 cm³/mol. The van der Waals surface area contributed by atoms with E-state index in [0.29, 0.717) is 23.7 Å². The Morgan fingerprint density at radius 2 is 2.15 bits per heavy atom. The summed E-state index contributed by atoms with van der Waals surface area (Å²) in [5.41, 5.74) is 1.65. The molecule has 5 nitrogen and oxygen atoms in total. The number of hydrogen-bond donors (Lipinski definition) is 2. The Morgan fingerprint density at radius 1 is 1.31 bits per heavy atom. The Balaban J connectivity index is 1.69. The van der Waals surface area contributed by atoms with Crippen molar-refractivity contribution in [2.24, 2.45) is 0 Å². The van der Waals surface area contributed by atoms with Crippen molar-refractivity contribution in [2.45, 2.75) is 39.7 Å². The van der Waals surface area contributed by atoms with Gasteiger partial charge in [-0.05, 0) is 50.1 Å². The molecule has 1 aliphatic carbocycles. The quantitative estimate of drug-likeness (QED) is 0.678. The van der Waals surface area contributed by atoms with E-state index >= 15 is 0 Å². The van der Waals surface area contributed by atoms with E-state index in [0.717, 1.165) is 37.9 Å². The highest BCUT2D eigenvalue weighted by atomic mass is 32.1. The number of thiophene rings is 2. The van der Waals surface area contributed by atoms with Crippen LogP contribution in [0.15, 0.2) is 17.5 Å². The highest BCUT2D eigenvalue weighted by Crippen LogP contribution is 2.39. The third-order valence-corrected chi connectivity index (χ3v) is 6.65. The molecule has 0 aliphatic heterocycles. The van der Waals surface area contributed by atoms with Gasteiger partial charge < -0.3 is 15.0 Å². The Hall–Kier alpha value is -1.70. The first kappa shape index (κ1) is 19.1. The molecular weight excluding hydrogens is 368 g/mol. The molecule has 26 heavy (non-hydrogen) atoms. The summed E-state index contributed by atoms with van der Waals surface area (Å²) < 4.78 is 5.22. The lowest BCUT2D eigenvalue weighted by Gasteiger charge is -2.16. The number of amides is 1. The Labute approximate surface area is 162 Å². The van der Waals surface area contributed by atoms with Crippen LogP contribution in [0.4, 0.5) is 5.00 Å². The Kier molecular flexibility index (Phi) is 6.45. The summed E-state index contributed by atoms with van der Waals surface area (Å²) in [6.07, 6.45) is 2.93. The standard InChI is InChI=1S/C19H24N2O3S2/c1-3-21(11-13-7-6-10-25-13)12-16(22)20-18-17(19(23)24-4-2)14-8-5-9-15(14)26-18/h6-7,10H,3-5,8-9,11-12H2,1-2H3,(H,20,22)/p+1. The van der Waals surface area contributed by atoms with Gasteiger partial charge >= 0.3 is 5.97 Å². The Bertz CT molecular complexity index is 768. The summed E-state index contributed by atoms with van der Waals surface area (Å²) in [5.74, 6) is -0.371. The van der Waals surface area contributed by atoms with Crippen LogP contribution in [-0.4, -0.2) is 31.6 Å². The van der Waals surface area contributed by atoms with Gasteiger partial charge in [0.25, 0.3) is 5.91 Å². The fourth-order valence-electron chi connectivity index (χ4n) is 3.28. The number of nitrogens with one attached hydrogen (secondary N) is 2. The molecule has 1 atom stereocenters. The maximum Gasteiger partial charge on any atom is 0.341 e. The van der Waals surface area contributed by atoms with Crippen molar-refractivity contribution in [3.63, 3.8) is 0 Å². The molecule has 140 valence electrons. The van der Waals surface area contributed by atoms with Crippen LogP contribution in [0.2, 0.25) is 0 Å². The third-order valence-electron chi connectivity index (χ3n) is 4.57. The highest BCUT2D eigenvalue weighted by molar-refractivity contribution is 7.17. The van der Waals surface area contributed by atoms with Gasteiger partial charge in [0.2, 0.25) is 0 Å². The van der Waals surface area contributed by atoms with Crippen molar-refractivity contribution in [1.29, 1.82) is 0 Å². The maximum absolute atomic E-state index is 12.6. The van der Waals surface area contributed by atoms with E-state index < -0.39 is 0 Å². The van der Waals surface area contributed by atoms with Gasteiger partial charge in [0.1, 0.15) is 11.5 Å². The number of aryl methyl sites for hydroxylation is 1. The normalized spacial score (nSPS) is 14.1. The molecule has 2 N–H and O–H groups in total. The van der Waals surface area contributed by atoms with Crippen LogP contribution in [-0.2, 0) is 28.9 Å². The summed E-state index contributed by atoms with van der Waals surface area (Å²) in [5, 5.41) is 5.70. The van der Waals surface area contributed by atoms with Gasteiger partial charge in [0, 0.05) is 4.88 Å². The molecule has 0 saturated carbocycles. The lowest BCUT2D eigenvalue weighted by atomic mass is 10.1. The molecule has 2 aromatic rings. The first-order valence-corrected chi connectivity index (χ1v) is 10.8. The number of carbonyl (C=O) groups is 2. The highest BCUT2D eigenvalue weighted by Gasteiger charge is 2.28. The topological polar surface area (TPSA) is 59.8 Å². The van der Waals surface area contributed by atoms with Crippen molar-refractivity contribution in [3.8, 4) is 0 Å². The van der Waals surface area contributed by atoms with E-state index in [1.54, 1.807) is 18.3 Å². The zero-order valence-corrected chi connectivity index (χ0v) is 16.9. The molecule has 7 heteroatoms. The van der Waals surface area contributed by atoms with Gasteiger partial charge in [0.05, 0.1) is 23.6 Å². The van der Waals surface area contributed by atoms with Crippen LogP contribution < -0.4 is 10.2 Å². The zero-order chi connectivity index (χ0) is 18.5. The minimum absolute atomic E-state index is 0.0520. The predicted octanol–water partition coefficient (Wildman–Crippen LogP) is 2.52. The lowest BCUT2D eigenvalue weighted by molar-refractivity contribution is -0.903. The molecule has 2 aromatic heterocycles. The summed E-state index contributed by atoms with van der Waals surface area (Å²) in [4.78, 5) is 28.7. The number of rotatable bonds is 8. The molecule has 0 saturated heterocycles. The minimum Gasteiger partial charge on any atom is -0.462 e. The van der Waals surface area contributed by atoms with Crippen LogP contribution in [0.25, 0.3) is 0 Å². The van der Waals surface area contributed by atoms with Gasteiger partial charge in [-0.3, -0.25) is 4.79 Å². The zero-order valence-electron chi connectivity index (χ0n) is 15.2. The van der Waals surface area contributed by atoms with Crippen LogP contribution in [0.3, 0.4) is 0 Å². The number of hydrogen-bond acceptors (Lipinski definition) is 5. The number of carbonyl (C=O) groups excluding carboxylic acids is 2. The molecule has 1 amide bonds. The van der Waals surface area contributed by atoms with Gasteiger partial charge in [0.15, 0.2) is 6.54 Å². The molecule has 0 spiro atoms. The monoisotopic (exact) mass is 393 g/mol. The van der Waals surface area contributed by atoms with Crippen LogP contribution in [0.1, 0.15) is 45.9 Å². The van der Waals surface area contributed by atoms with Crippen molar-refractivity contribution in [1.82, 2.24) is 0 Å². The number of likely N-dealkylation sites (N-methyl/N-ethyl adjacent to an activating group) is 1. The second-order valence-corrected chi connectivity index (χ2v) is 8.50. The molecule has 2 heterocycles. The molecule has 0 radical (unpaired) electrons. The van der Waals surface area contributed by atoms with Crippen molar-refractivity contribution in [3.05, 3.63) is 38.4 Å². The molecule has 1 aliphatic rings. The molecule has 0 fully saturated rings. The number of fused-ring (bicyclic) bond motifs is 1. The fraction of sp³-hybridized carbons (Fsp3) is 0.474. The van der Waals surface area contributed by atoms with Gasteiger partial charge in [-0.25, -0.2) is 4.79 Å². The van der Waals surface area contributed by atoms with E-state index in [-0.39, 0.29) is 11.9 Å². The fourth-order valence-corrected chi connectivity index (χ4v) is 5.35. The summed E-state index contributed by atoms with van der Waals surface area (Å²) >= 11 is 3.24. The smallest absolute Gasteiger partial charge is 0.341 e. The SMILES string of the molecule is CCOC(=O)c1c(NC(=O)C[NH+](CC)Cc2cccs2)sc2c1CCC2. The molecule has 0 aromatic carbocycles. The van der Waals surface area contributed by atoms with E-state index in [2.05, 4.69) is 23.7 Å². The van der Waals surface area contributed by atoms with Crippen LogP contribution >= 0.6 is 22.7 Å². The molecule has 1 unspecified atom stereocenters.